The van der Waals surface area contributed by atoms with Gasteiger partial charge < -0.3 is 15.5 Å². The first-order valence-electron chi connectivity index (χ1n) is 14.4. The molecule has 4 rings (SSSR count). The van der Waals surface area contributed by atoms with Crippen LogP contribution in [0.2, 0.25) is 10.0 Å². The molecule has 230 valence electrons. The molecule has 2 amide bonds. The molecule has 2 aliphatic rings. The largest absolute Gasteiger partial charge is 0.405 e. The van der Waals surface area contributed by atoms with Gasteiger partial charge in [-0.2, -0.15) is 13.2 Å². The van der Waals surface area contributed by atoms with Gasteiger partial charge in [0.05, 0.1) is 15.6 Å². The molecule has 43 heavy (non-hydrogen) atoms. The summed E-state index contributed by atoms with van der Waals surface area (Å²) >= 11 is 12.4. The maximum atomic E-state index is 13.7. The third kappa shape index (κ3) is 7.36. The number of alkyl halides is 3. The zero-order valence-corrected chi connectivity index (χ0v) is 25.6. The SMILES string of the molecule is C=C/C=C1\C(=C/C)c2ccccc2C1(CCCCN1CCC(NC(=O)c2c(Cl)cccc2Cl)CC1)C(=O)NCC(F)(F)F. The van der Waals surface area contributed by atoms with E-state index in [1.807, 2.05) is 37.3 Å². The van der Waals surface area contributed by atoms with Crippen molar-refractivity contribution in [2.75, 3.05) is 26.2 Å². The van der Waals surface area contributed by atoms with E-state index >= 15 is 0 Å². The molecular formula is C33H36Cl2F3N3O2. The number of nitrogens with one attached hydrogen (secondary N) is 2. The Balaban J connectivity index is 1.40. The Morgan fingerprint density at radius 3 is 2.37 bits per heavy atom. The highest BCUT2D eigenvalue weighted by Crippen LogP contribution is 2.53. The number of fused-ring (bicyclic) bond motifs is 1. The first-order chi connectivity index (χ1) is 20.5. The van der Waals surface area contributed by atoms with E-state index in [1.54, 1.807) is 30.4 Å². The maximum Gasteiger partial charge on any atom is 0.405 e. The van der Waals surface area contributed by atoms with Gasteiger partial charge in [-0.25, -0.2) is 0 Å². The van der Waals surface area contributed by atoms with Crippen LogP contribution >= 0.6 is 23.2 Å². The minimum atomic E-state index is -4.52. The van der Waals surface area contributed by atoms with E-state index in [9.17, 15) is 22.8 Å². The number of hydrogen-bond donors (Lipinski definition) is 2. The number of amides is 2. The predicted octanol–water partition coefficient (Wildman–Crippen LogP) is 7.50. The first-order valence-corrected chi connectivity index (χ1v) is 15.2. The van der Waals surface area contributed by atoms with Crippen LogP contribution in [0, 0.1) is 0 Å². The molecule has 1 unspecified atom stereocenters. The van der Waals surface area contributed by atoms with Gasteiger partial charge in [0.1, 0.15) is 12.0 Å². The Bertz CT molecular complexity index is 1390. The number of hydrogen-bond acceptors (Lipinski definition) is 3. The topological polar surface area (TPSA) is 61.4 Å². The molecule has 10 heteroatoms. The average molecular weight is 635 g/mol. The number of benzene rings is 2. The van der Waals surface area contributed by atoms with E-state index in [-0.39, 0.29) is 17.5 Å². The Hall–Kier alpha value is -3.07. The first kappa shape index (κ1) is 32.8. The van der Waals surface area contributed by atoms with Gasteiger partial charge in [0.15, 0.2) is 0 Å². The maximum absolute atomic E-state index is 13.7. The fourth-order valence-corrected chi connectivity index (χ4v) is 6.80. The van der Waals surface area contributed by atoms with Crippen LogP contribution in [0.5, 0.6) is 0 Å². The van der Waals surface area contributed by atoms with Crippen molar-refractivity contribution >= 4 is 40.6 Å². The molecule has 0 bridgehead atoms. The minimum Gasteiger partial charge on any atom is -0.349 e. The van der Waals surface area contributed by atoms with Gasteiger partial charge in [-0.05, 0) is 73.6 Å². The van der Waals surface area contributed by atoms with E-state index in [4.69, 9.17) is 23.2 Å². The Morgan fingerprint density at radius 2 is 1.74 bits per heavy atom. The molecule has 1 aliphatic heterocycles. The molecule has 1 heterocycles. The number of likely N-dealkylation sites (tertiary alicyclic amines) is 1. The van der Waals surface area contributed by atoms with Gasteiger partial charge in [0, 0.05) is 19.1 Å². The van der Waals surface area contributed by atoms with Gasteiger partial charge in [-0.15, -0.1) is 0 Å². The normalized spacial score (nSPS) is 21.2. The van der Waals surface area contributed by atoms with E-state index in [1.165, 1.54) is 0 Å². The van der Waals surface area contributed by atoms with Gasteiger partial charge in [0.2, 0.25) is 5.91 Å². The Kier molecular flexibility index (Phi) is 10.8. The summed E-state index contributed by atoms with van der Waals surface area (Å²) in [5.41, 5.74) is 2.09. The summed E-state index contributed by atoms with van der Waals surface area (Å²) in [6.07, 6.45) is 3.98. The standard InChI is InChI=1S/C33H36Cl2F3N3O2/c1-3-10-25-23(4-2)24-11-5-6-12-26(24)32(25,31(43)39-21-33(36,37)38)17-7-8-18-41-19-15-22(16-20-41)40-30(42)29-27(34)13-9-14-28(29)35/h3-6,9-14,22H,1,7-8,15-21H2,2H3,(H,39,43)(H,40,42)/b23-4-,25-10+. The molecule has 0 radical (unpaired) electrons. The number of rotatable bonds is 10. The highest BCUT2D eigenvalue weighted by atomic mass is 35.5. The smallest absolute Gasteiger partial charge is 0.349 e. The lowest BCUT2D eigenvalue weighted by Crippen LogP contribution is -2.47. The van der Waals surface area contributed by atoms with Crippen LogP contribution in [0.15, 0.2) is 72.8 Å². The van der Waals surface area contributed by atoms with Crippen molar-refractivity contribution in [1.82, 2.24) is 15.5 Å². The molecule has 0 aromatic heterocycles. The predicted molar refractivity (Wildman–Crippen MR) is 166 cm³/mol. The number of unbranched alkanes of at least 4 members (excludes halogenated alkanes) is 1. The van der Waals surface area contributed by atoms with Crippen molar-refractivity contribution < 1.29 is 22.8 Å². The van der Waals surface area contributed by atoms with Gasteiger partial charge in [-0.1, -0.05) is 84.8 Å². The van der Waals surface area contributed by atoms with Crippen molar-refractivity contribution in [2.24, 2.45) is 0 Å². The molecule has 0 saturated carbocycles. The fraction of sp³-hybridized carbons (Fsp3) is 0.394. The van der Waals surface area contributed by atoms with Crippen molar-refractivity contribution in [2.45, 2.75) is 56.7 Å². The molecule has 2 aromatic rings. The van der Waals surface area contributed by atoms with Crippen LogP contribution < -0.4 is 10.6 Å². The second kappa shape index (κ2) is 14.1. The van der Waals surface area contributed by atoms with Crippen LogP contribution in [0.3, 0.4) is 0 Å². The second-order valence-electron chi connectivity index (χ2n) is 10.9. The minimum absolute atomic E-state index is 0.00229. The average Bonchev–Trinajstić information content (AvgIpc) is 3.24. The van der Waals surface area contributed by atoms with Crippen LogP contribution in [0.25, 0.3) is 5.57 Å². The molecular weight excluding hydrogens is 598 g/mol. The number of allylic oxidation sites excluding steroid dienone is 4. The Labute approximate surface area is 260 Å². The third-order valence-corrected chi connectivity index (χ3v) is 8.86. The molecule has 1 aliphatic carbocycles. The lowest BCUT2D eigenvalue weighted by molar-refractivity contribution is -0.141. The van der Waals surface area contributed by atoms with Crippen LogP contribution in [-0.4, -0.2) is 55.1 Å². The summed E-state index contributed by atoms with van der Waals surface area (Å²) in [7, 11) is 0. The summed E-state index contributed by atoms with van der Waals surface area (Å²) in [5, 5.41) is 5.84. The van der Waals surface area contributed by atoms with Gasteiger partial charge in [-0.3, -0.25) is 9.59 Å². The molecule has 5 nitrogen and oxygen atoms in total. The zero-order chi connectivity index (χ0) is 31.2. The Morgan fingerprint density at radius 1 is 1.07 bits per heavy atom. The van der Waals surface area contributed by atoms with Crippen molar-refractivity contribution in [1.29, 1.82) is 0 Å². The third-order valence-electron chi connectivity index (χ3n) is 8.23. The van der Waals surface area contributed by atoms with Crippen LogP contribution in [0.4, 0.5) is 13.2 Å². The quantitative estimate of drug-likeness (QED) is 0.266. The lowest BCUT2D eigenvalue weighted by atomic mass is 9.73. The second-order valence-corrected chi connectivity index (χ2v) is 11.7. The van der Waals surface area contributed by atoms with Gasteiger partial charge >= 0.3 is 6.18 Å². The highest BCUT2D eigenvalue weighted by molar-refractivity contribution is 6.39. The summed E-state index contributed by atoms with van der Waals surface area (Å²) in [6.45, 7) is 6.62. The van der Waals surface area contributed by atoms with Crippen molar-refractivity contribution in [3.05, 3.63) is 99.6 Å². The summed E-state index contributed by atoms with van der Waals surface area (Å²) in [4.78, 5) is 28.8. The molecule has 0 spiro atoms. The monoisotopic (exact) mass is 633 g/mol. The summed E-state index contributed by atoms with van der Waals surface area (Å²) < 4.78 is 39.4. The van der Waals surface area contributed by atoms with E-state index < -0.39 is 24.0 Å². The highest BCUT2D eigenvalue weighted by Gasteiger charge is 2.50. The summed E-state index contributed by atoms with van der Waals surface area (Å²) in [5.74, 6) is -0.943. The number of carbonyl (C=O) groups is 2. The lowest BCUT2D eigenvalue weighted by Gasteiger charge is -2.34. The van der Waals surface area contributed by atoms with Crippen molar-refractivity contribution in [3.63, 3.8) is 0 Å². The molecule has 1 fully saturated rings. The van der Waals surface area contributed by atoms with E-state index in [0.29, 0.717) is 34.0 Å². The van der Waals surface area contributed by atoms with Crippen molar-refractivity contribution in [3.8, 4) is 0 Å². The van der Waals surface area contributed by atoms with Gasteiger partial charge in [0.25, 0.3) is 5.91 Å². The molecule has 2 aromatic carbocycles. The number of carbonyl (C=O) groups excluding carboxylic acids is 2. The molecule has 1 atom stereocenters. The van der Waals surface area contributed by atoms with E-state index in [0.717, 1.165) is 50.0 Å². The molecule has 2 N–H and O–H groups in total. The van der Waals surface area contributed by atoms with Crippen LogP contribution in [-0.2, 0) is 10.2 Å². The number of nitrogens with zero attached hydrogens (tertiary/aromatic N) is 1. The summed E-state index contributed by atoms with van der Waals surface area (Å²) in [6, 6.07) is 12.4. The number of piperidine rings is 1. The molecule has 1 saturated heterocycles. The van der Waals surface area contributed by atoms with E-state index in [2.05, 4.69) is 22.1 Å². The fourth-order valence-electron chi connectivity index (χ4n) is 6.23. The van der Waals surface area contributed by atoms with Crippen LogP contribution in [0.1, 0.15) is 60.5 Å². The zero-order valence-electron chi connectivity index (χ0n) is 24.1. The number of halogens is 5.